The van der Waals surface area contributed by atoms with E-state index < -0.39 is 5.97 Å². The minimum atomic E-state index is -0.394. The Morgan fingerprint density at radius 3 is 2.79 bits per heavy atom. The Balaban J connectivity index is 1.90. The Morgan fingerprint density at radius 2 is 2.21 bits per heavy atom. The van der Waals surface area contributed by atoms with Gasteiger partial charge in [-0.05, 0) is 33.1 Å². The van der Waals surface area contributed by atoms with Gasteiger partial charge in [0.1, 0.15) is 0 Å². The molecule has 2 fully saturated rings. The number of ether oxygens (including phenoxy) is 2. The summed E-state index contributed by atoms with van der Waals surface area (Å²) in [7, 11) is 0. The van der Waals surface area contributed by atoms with Crippen LogP contribution in [-0.2, 0) is 9.47 Å². The summed E-state index contributed by atoms with van der Waals surface area (Å²) < 4.78 is 16.3. The molecule has 0 amide bonds. The summed E-state index contributed by atoms with van der Waals surface area (Å²) >= 11 is 0. The van der Waals surface area contributed by atoms with Gasteiger partial charge >= 0.3 is 5.97 Å². The van der Waals surface area contributed by atoms with Gasteiger partial charge in [0.05, 0.1) is 24.3 Å². The van der Waals surface area contributed by atoms with Crippen LogP contribution < -0.4 is 0 Å². The molecule has 1 saturated carbocycles. The number of carbonyl (C=O) groups excluding carboxylic acids is 1. The second kappa shape index (κ2) is 4.96. The highest BCUT2D eigenvalue weighted by Gasteiger charge is 2.37. The molecule has 2 unspecified atom stereocenters. The Morgan fingerprint density at radius 1 is 1.42 bits per heavy atom. The Kier molecular flexibility index (Phi) is 3.31. The Labute approximate surface area is 112 Å². The number of rotatable bonds is 4. The molecule has 1 saturated heterocycles. The molecule has 1 aliphatic carbocycles. The topological polar surface area (TPSA) is 61.6 Å². The van der Waals surface area contributed by atoms with Gasteiger partial charge in [-0.2, -0.15) is 0 Å². The largest absolute Gasteiger partial charge is 0.460 e. The molecule has 5 nitrogen and oxygen atoms in total. The van der Waals surface area contributed by atoms with Crippen LogP contribution in [0.4, 0.5) is 0 Å². The van der Waals surface area contributed by atoms with Crippen molar-refractivity contribution in [1.29, 1.82) is 0 Å². The van der Waals surface area contributed by atoms with Crippen LogP contribution in [0.3, 0.4) is 0 Å². The highest BCUT2D eigenvalue weighted by molar-refractivity contribution is 5.87. The smallest absolute Gasteiger partial charge is 0.376 e. The summed E-state index contributed by atoms with van der Waals surface area (Å²) in [6, 6.07) is 0. The number of carbonyl (C=O) groups is 1. The molecule has 0 N–H and O–H groups in total. The van der Waals surface area contributed by atoms with Crippen molar-refractivity contribution in [3.05, 3.63) is 17.3 Å². The number of hydrogen-bond acceptors (Lipinski definition) is 5. The summed E-state index contributed by atoms with van der Waals surface area (Å²) in [5.74, 6) is 1.07. The number of hydrogen-bond donors (Lipinski definition) is 0. The molecule has 3 rings (SSSR count). The molecule has 2 heterocycles. The third-order valence-electron chi connectivity index (χ3n) is 3.79. The number of nitrogens with zero attached hydrogens (tertiary/aromatic N) is 1. The van der Waals surface area contributed by atoms with E-state index in [1.807, 2.05) is 6.92 Å². The van der Waals surface area contributed by atoms with Crippen LogP contribution >= 0.6 is 0 Å². The normalized spacial score (nSPS) is 26.6. The van der Waals surface area contributed by atoms with E-state index in [2.05, 4.69) is 4.98 Å². The van der Waals surface area contributed by atoms with Crippen LogP contribution in [-0.4, -0.2) is 30.3 Å². The molecule has 2 aliphatic rings. The van der Waals surface area contributed by atoms with Crippen molar-refractivity contribution in [3.63, 3.8) is 0 Å². The summed E-state index contributed by atoms with van der Waals surface area (Å²) in [6.07, 6.45) is 3.15. The molecule has 19 heavy (non-hydrogen) atoms. The lowest BCUT2D eigenvalue weighted by Crippen LogP contribution is -2.09. The van der Waals surface area contributed by atoms with Crippen LogP contribution in [0.2, 0.25) is 0 Å². The van der Waals surface area contributed by atoms with Crippen molar-refractivity contribution in [2.45, 2.75) is 51.0 Å². The van der Waals surface area contributed by atoms with Crippen LogP contribution in [0.1, 0.15) is 67.1 Å². The number of esters is 1. The zero-order valence-electron chi connectivity index (χ0n) is 11.3. The highest BCUT2D eigenvalue weighted by Crippen LogP contribution is 2.43. The molecule has 1 aliphatic heterocycles. The summed E-state index contributed by atoms with van der Waals surface area (Å²) in [5, 5.41) is 0. The van der Waals surface area contributed by atoms with Crippen LogP contribution in [0.5, 0.6) is 0 Å². The monoisotopic (exact) mass is 265 g/mol. The first kappa shape index (κ1) is 12.7. The first-order valence-electron chi connectivity index (χ1n) is 7.00. The van der Waals surface area contributed by atoms with E-state index in [0.29, 0.717) is 24.2 Å². The van der Waals surface area contributed by atoms with E-state index >= 15 is 0 Å². The summed E-state index contributed by atoms with van der Waals surface area (Å²) in [5.41, 5.74) is 0.785. The number of oxazole rings is 1. The second-order valence-corrected chi connectivity index (χ2v) is 5.23. The molecule has 0 aromatic carbocycles. The van der Waals surface area contributed by atoms with Gasteiger partial charge in [0, 0.05) is 12.5 Å². The van der Waals surface area contributed by atoms with E-state index in [1.165, 1.54) is 0 Å². The summed E-state index contributed by atoms with van der Waals surface area (Å²) in [4.78, 5) is 16.5. The van der Waals surface area contributed by atoms with Crippen molar-refractivity contribution in [3.8, 4) is 0 Å². The molecule has 1 aromatic rings. The molecule has 0 bridgehead atoms. The SMILES string of the molecule is CCOC(=O)c1oc(C2CCOC2C)nc1C1CC1. The van der Waals surface area contributed by atoms with Gasteiger partial charge < -0.3 is 13.9 Å². The van der Waals surface area contributed by atoms with Crippen molar-refractivity contribution in [1.82, 2.24) is 4.98 Å². The molecular formula is C14H19NO4. The van der Waals surface area contributed by atoms with Crippen LogP contribution in [0.15, 0.2) is 4.42 Å². The summed E-state index contributed by atoms with van der Waals surface area (Å²) in [6.45, 7) is 4.88. The van der Waals surface area contributed by atoms with Crippen molar-refractivity contribution in [2.75, 3.05) is 13.2 Å². The average Bonchev–Trinajstić information content (AvgIpc) is 2.99. The lowest BCUT2D eigenvalue weighted by molar-refractivity contribution is 0.0483. The van der Waals surface area contributed by atoms with Gasteiger partial charge in [-0.25, -0.2) is 9.78 Å². The first-order chi connectivity index (χ1) is 9.20. The Hall–Kier alpha value is -1.36. The maximum absolute atomic E-state index is 11.9. The second-order valence-electron chi connectivity index (χ2n) is 5.23. The van der Waals surface area contributed by atoms with E-state index in [9.17, 15) is 4.79 Å². The zero-order valence-corrected chi connectivity index (χ0v) is 11.3. The van der Waals surface area contributed by atoms with E-state index in [1.54, 1.807) is 6.92 Å². The van der Waals surface area contributed by atoms with Gasteiger partial charge in [0.2, 0.25) is 11.7 Å². The maximum Gasteiger partial charge on any atom is 0.376 e. The van der Waals surface area contributed by atoms with Gasteiger partial charge in [0.25, 0.3) is 0 Å². The molecule has 1 aromatic heterocycles. The first-order valence-corrected chi connectivity index (χ1v) is 7.00. The van der Waals surface area contributed by atoms with Gasteiger partial charge in [-0.1, -0.05) is 0 Å². The molecule has 104 valence electrons. The molecule has 0 radical (unpaired) electrons. The highest BCUT2D eigenvalue weighted by atomic mass is 16.5. The predicted molar refractivity (Wildman–Crippen MR) is 67.2 cm³/mol. The quantitative estimate of drug-likeness (QED) is 0.783. The van der Waals surface area contributed by atoms with Crippen LogP contribution in [0.25, 0.3) is 0 Å². The van der Waals surface area contributed by atoms with Crippen LogP contribution in [0, 0.1) is 0 Å². The lowest BCUT2D eigenvalue weighted by Gasteiger charge is -2.08. The molecule has 2 atom stereocenters. The van der Waals surface area contributed by atoms with Gasteiger partial charge in [-0.3, -0.25) is 0 Å². The van der Waals surface area contributed by atoms with Gasteiger partial charge in [-0.15, -0.1) is 0 Å². The minimum Gasteiger partial charge on any atom is -0.460 e. The van der Waals surface area contributed by atoms with Crippen molar-refractivity contribution < 1.29 is 18.7 Å². The fourth-order valence-corrected chi connectivity index (χ4v) is 2.54. The third kappa shape index (κ3) is 2.39. The molecule has 0 spiro atoms. The van der Waals surface area contributed by atoms with E-state index in [4.69, 9.17) is 13.9 Å². The third-order valence-corrected chi connectivity index (χ3v) is 3.79. The zero-order chi connectivity index (χ0) is 13.4. The maximum atomic E-state index is 11.9. The van der Waals surface area contributed by atoms with E-state index in [-0.39, 0.29) is 12.0 Å². The lowest BCUT2D eigenvalue weighted by atomic mass is 10.0. The average molecular weight is 265 g/mol. The fourth-order valence-electron chi connectivity index (χ4n) is 2.54. The fraction of sp³-hybridized carbons (Fsp3) is 0.714. The molecule has 5 heteroatoms. The number of aromatic nitrogens is 1. The standard InChI is InChI=1S/C14H19NO4/c1-3-17-14(16)12-11(9-4-5-9)15-13(19-12)10-6-7-18-8(10)2/h8-10H,3-7H2,1-2H3. The van der Waals surface area contributed by atoms with Crippen molar-refractivity contribution in [2.24, 2.45) is 0 Å². The van der Waals surface area contributed by atoms with E-state index in [0.717, 1.165) is 31.6 Å². The predicted octanol–water partition coefficient (Wildman–Crippen LogP) is 2.62. The Bertz CT molecular complexity index is 478. The molecular weight excluding hydrogens is 246 g/mol. The van der Waals surface area contributed by atoms with Gasteiger partial charge in [0.15, 0.2) is 0 Å². The minimum absolute atomic E-state index is 0.0979. The van der Waals surface area contributed by atoms with Crippen molar-refractivity contribution >= 4 is 5.97 Å².